The van der Waals surface area contributed by atoms with Crippen LogP contribution in [0.5, 0.6) is 11.5 Å². The van der Waals surface area contributed by atoms with Crippen LogP contribution in [0, 0.1) is 0 Å². The van der Waals surface area contributed by atoms with E-state index in [1.807, 2.05) is 0 Å². The number of ether oxygens (including phenoxy) is 1. The molecule has 8 heteroatoms. The lowest BCUT2D eigenvalue weighted by molar-refractivity contribution is 0.309. The Morgan fingerprint density at radius 1 is 0.812 bits per heavy atom. The smallest absolute Gasteiger partial charge is 0.210 e. The summed E-state index contributed by atoms with van der Waals surface area (Å²) in [6, 6.07) is 16.5. The van der Waals surface area contributed by atoms with Crippen molar-refractivity contribution in [3.8, 4) is 11.5 Å². The van der Waals surface area contributed by atoms with Crippen molar-refractivity contribution >= 4 is 33.0 Å². The van der Waals surface area contributed by atoms with Crippen LogP contribution in [-0.4, -0.2) is 14.1 Å². The Labute approximate surface area is 196 Å². The van der Waals surface area contributed by atoms with Gasteiger partial charge in [0.2, 0.25) is 9.84 Å². The average molecular weight is 487 g/mol. The summed E-state index contributed by atoms with van der Waals surface area (Å²) in [5.41, 5.74) is -0.499. The van der Waals surface area contributed by atoms with E-state index in [1.54, 1.807) is 60.7 Å². The summed E-state index contributed by atoms with van der Waals surface area (Å²) in [7, 11) is -3.88. The van der Waals surface area contributed by atoms with Gasteiger partial charge in [-0.15, -0.1) is 0 Å². The highest BCUT2D eigenvalue weighted by Crippen LogP contribution is 2.38. The molecule has 1 saturated carbocycles. The molecule has 0 N–H and O–H groups in total. The Hall–Kier alpha value is -2.41. The lowest BCUT2D eigenvalue weighted by atomic mass is 9.90. The average Bonchev–Trinajstić information content (AvgIpc) is 3.13. The maximum absolute atomic E-state index is 13.6. The molecule has 0 saturated heterocycles. The highest BCUT2D eigenvalue weighted by molar-refractivity contribution is 7.91. The van der Waals surface area contributed by atoms with Gasteiger partial charge in [0.25, 0.3) is 0 Å². The summed E-state index contributed by atoms with van der Waals surface area (Å²) in [4.78, 5) is 9.93. The molecule has 0 aromatic heterocycles. The quantitative estimate of drug-likeness (QED) is 0.486. The van der Waals surface area contributed by atoms with Gasteiger partial charge in [-0.2, -0.15) is 0 Å². The van der Waals surface area contributed by atoms with E-state index in [-0.39, 0.29) is 26.3 Å². The maximum atomic E-state index is 13.6. The van der Waals surface area contributed by atoms with Crippen LogP contribution in [0.15, 0.2) is 80.4 Å². The minimum atomic E-state index is -3.88. The monoisotopic (exact) mass is 486 g/mol. The SMILES string of the molecule is O=S(=O)(c1ccccc1)c1cc2c(cc1Oc1cccc(Cl)c1Cl)=NC1(CCCCC1)N=2. The molecule has 164 valence electrons. The molecule has 1 fully saturated rings. The van der Waals surface area contributed by atoms with E-state index in [1.165, 1.54) is 6.42 Å². The van der Waals surface area contributed by atoms with Crippen molar-refractivity contribution in [2.24, 2.45) is 9.98 Å². The third-order valence-corrected chi connectivity index (χ3v) is 8.42. The lowest BCUT2D eigenvalue weighted by Crippen LogP contribution is -2.26. The van der Waals surface area contributed by atoms with Gasteiger partial charge in [-0.25, -0.2) is 8.42 Å². The second-order valence-corrected chi connectivity index (χ2v) is 10.7. The molecule has 1 spiro atoms. The molecule has 0 atom stereocenters. The van der Waals surface area contributed by atoms with Crippen molar-refractivity contribution in [3.05, 3.63) is 81.4 Å². The van der Waals surface area contributed by atoms with E-state index in [4.69, 9.17) is 37.9 Å². The van der Waals surface area contributed by atoms with Crippen LogP contribution in [0.3, 0.4) is 0 Å². The van der Waals surface area contributed by atoms with Gasteiger partial charge in [0.15, 0.2) is 5.66 Å². The first-order valence-electron chi connectivity index (χ1n) is 10.4. The fraction of sp³-hybridized carbons (Fsp3) is 0.250. The summed E-state index contributed by atoms with van der Waals surface area (Å²) in [6.07, 6.45) is 4.99. The predicted molar refractivity (Wildman–Crippen MR) is 123 cm³/mol. The molecule has 1 heterocycles. The molecule has 5 nitrogen and oxygen atoms in total. The number of hydrogen-bond acceptors (Lipinski definition) is 5. The van der Waals surface area contributed by atoms with Crippen LogP contribution in [0.4, 0.5) is 0 Å². The van der Waals surface area contributed by atoms with Crippen LogP contribution in [0.25, 0.3) is 0 Å². The molecule has 0 radical (unpaired) electrons. The molecule has 1 aliphatic heterocycles. The Kier molecular flexibility index (Phi) is 5.48. The number of nitrogens with zero attached hydrogens (tertiary/aromatic N) is 2. The van der Waals surface area contributed by atoms with Gasteiger partial charge >= 0.3 is 0 Å². The number of hydrogen-bond donors (Lipinski definition) is 0. The molecule has 0 bridgehead atoms. The summed E-state index contributed by atoms with van der Waals surface area (Å²) in [5.74, 6) is 0.412. The molecule has 0 unspecified atom stereocenters. The number of fused-ring (bicyclic) bond motifs is 1. The van der Waals surface area contributed by atoms with Crippen molar-refractivity contribution in [2.45, 2.75) is 47.6 Å². The Morgan fingerprint density at radius 3 is 2.22 bits per heavy atom. The normalized spacial score (nSPS) is 16.8. The fourth-order valence-corrected chi connectivity index (χ4v) is 5.96. The van der Waals surface area contributed by atoms with Gasteiger partial charge in [0.1, 0.15) is 21.4 Å². The van der Waals surface area contributed by atoms with Gasteiger partial charge in [-0.3, -0.25) is 9.98 Å². The summed E-state index contributed by atoms with van der Waals surface area (Å²) >= 11 is 12.4. The highest BCUT2D eigenvalue weighted by Gasteiger charge is 2.34. The molecule has 32 heavy (non-hydrogen) atoms. The van der Waals surface area contributed by atoms with Crippen LogP contribution >= 0.6 is 23.2 Å². The minimum absolute atomic E-state index is 0.0188. The Bertz CT molecular complexity index is 1420. The topological polar surface area (TPSA) is 68.1 Å². The van der Waals surface area contributed by atoms with Gasteiger partial charge in [0, 0.05) is 6.07 Å². The van der Waals surface area contributed by atoms with Gasteiger partial charge in [-0.05, 0) is 56.0 Å². The maximum Gasteiger partial charge on any atom is 0.210 e. The third-order valence-electron chi connectivity index (χ3n) is 5.83. The van der Waals surface area contributed by atoms with Crippen LogP contribution in [-0.2, 0) is 9.84 Å². The van der Waals surface area contributed by atoms with E-state index < -0.39 is 15.5 Å². The van der Waals surface area contributed by atoms with Gasteiger partial charge < -0.3 is 4.74 Å². The Balaban J connectivity index is 1.71. The minimum Gasteiger partial charge on any atom is -0.454 e. The zero-order chi connectivity index (χ0) is 22.3. The molecule has 2 aliphatic rings. The zero-order valence-electron chi connectivity index (χ0n) is 17.1. The first-order chi connectivity index (χ1) is 15.4. The molecular formula is C24H20Cl2N2O3S. The van der Waals surface area contributed by atoms with Crippen molar-refractivity contribution in [2.75, 3.05) is 0 Å². The molecular weight excluding hydrogens is 467 g/mol. The third kappa shape index (κ3) is 3.81. The predicted octanol–water partition coefficient (Wildman–Crippen LogP) is 5.53. The largest absolute Gasteiger partial charge is 0.454 e. The first kappa shape index (κ1) is 21.4. The zero-order valence-corrected chi connectivity index (χ0v) is 19.4. The molecule has 3 aromatic carbocycles. The number of halogens is 2. The fourth-order valence-electron chi connectivity index (χ4n) is 4.23. The van der Waals surface area contributed by atoms with Gasteiger partial charge in [-0.1, -0.05) is 53.9 Å². The van der Waals surface area contributed by atoms with Crippen molar-refractivity contribution in [1.29, 1.82) is 0 Å². The highest BCUT2D eigenvalue weighted by atomic mass is 35.5. The van der Waals surface area contributed by atoms with Gasteiger partial charge in [0.05, 0.1) is 20.6 Å². The summed E-state index contributed by atoms with van der Waals surface area (Å²) in [6.45, 7) is 0. The van der Waals surface area contributed by atoms with E-state index in [0.717, 1.165) is 25.7 Å². The lowest BCUT2D eigenvalue weighted by Gasteiger charge is -2.27. The van der Waals surface area contributed by atoms with Crippen LogP contribution in [0.2, 0.25) is 10.0 Å². The van der Waals surface area contributed by atoms with E-state index in [0.29, 0.717) is 15.7 Å². The second-order valence-electron chi connectivity index (χ2n) is 8.02. The van der Waals surface area contributed by atoms with E-state index >= 15 is 0 Å². The standard InChI is InChI=1S/C24H20Cl2N2O3S/c25-17-10-7-11-20(23(17)26)31-21-14-18-19(28-24(27-18)12-5-2-6-13-24)15-22(21)32(29,30)16-8-3-1-4-9-16/h1,3-4,7-11,14-15H,2,5-6,12-13H2. The first-order valence-corrected chi connectivity index (χ1v) is 12.7. The van der Waals surface area contributed by atoms with Crippen molar-refractivity contribution < 1.29 is 13.2 Å². The van der Waals surface area contributed by atoms with E-state index in [2.05, 4.69) is 0 Å². The van der Waals surface area contributed by atoms with Crippen molar-refractivity contribution in [1.82, 2.24) is 0 Å². The Morgan fingerprint density at radius 2 is 1.50 bits per heavy atom. The van der Waals surface area contributed by atoms with Crippen LogP contribution < -0.4 is 15.5 Å². The number of benzene rings is 3. The molecule has 5 rings (SSSR count). The molecule has 1 aliphatic carbocycles. The summed E-state index contributed by atoms with van der Waals surface area (Å²) in [5, 5.41) is 1.74. The molecule has 0 amide bonds. The number of sulfone groups is 1. The van der Waals surface area contributed by atoms with Crippen LogP contribution in [0.1, 0.15) is 32.1 Å². The molecule has 3 aromatic rings. The number of rotatable bonds is 4. The summed E-state index contributed by atoms with van der Waals surface area (Å²) < 4.78 is 33.1. The van der Waals surface area contributed by atoms with Crippen molar-refractivity contribution in [3.63, 3.8) is 0 Å². The van der Waals surface area contributed by atoms with E-state index in [9.17, 15) is 8.42 Å². The second kappa shape index (κ2) is 8.18.